The maximum absolute atomic E-state index is 12.3. The van der Waals surface area contributed by atoms with Crippen LogP contribution in [0.5, 0.6) is 0 Å². The molecule has 0 radical (unpaired) electrons. The number of hydrogen-bond donors (Lipinski definition) is 1. The van der Waals surface area contributed by atoms with Crippen molar-refractivity contribution in [2.75, 3.05) is 19.6 Å². The van der Waals surface area contributed by atoms with Crippen LogP contribution in [0.4, 0.5) is 0 Å². The van der Waals surface area contributed by atoms with Crippen molar-refractivity contribution in [1.29, 1.82) is 0 Å². The second-order valence-electron chi connectivity index (χ2n) is 3.96. The van der Waals surface area contributed by atoms with E-state index in [9.17, 15) is 13.2 Å². The first-order valence-electron chi connectivity index (χ1n) is 5.52. The van der Waals surface area contributed by atoms with Gasteiger partial charge in [-0.05, 0) is 18.2 Å². The van der Waals surface area contributed by atoms with Crippen LogP contribution in [0.25, 0.3) is 0 Å². The molecule has 0 spiro atoms. The molecule has 0 aliphatic carbocycles. The molecular weight excluding hydrogens is 276 g/mol. The van der Waals surface area contributed by atoms with Gasteiger partial charge < -0.3 is 5.32 Å². The van der Waals surface area contributed by atoms with Crippen molar-refractivity contribution >= 4 is 27.5 Å². The van der Waals surface area contributed by atoms with E-state index < -0.39 is 10.0 Å². The summed E-state index contributed by atoms with van der Waals surface area (Å²) >= 11 is 5.80. The van der Waals surface area contributed by atoms with E-state index in [4.69, 9.17) is 11.6 Å². The smallest absolute Gasteiger partial charge is 0.243 e. The van der Waals surface area contributed by atoms with E-state index in [1.807, 2.05) is 0 Å². The van der Waals surface area contributed by atoms with Crippen molar-refractivity contribution in [2.24, 2.45) is 0 Å². The van der Waals surface area contributed by atoms with Crippen LogP contribution in [0.3, 0.4) is 0 Å². The van der Waals surface area contributed by atoms with Gasteiger partial charge in [0.15, 0.2) is 0 Å². The monoisotopic (exact) mass is 288 g/mol. The number of nitrogens with one attached hydrogen (secondary N) is 1. The summed E-state index contributed by atoms with van der Waals surface area (Å²) in [4.78, 5) is 11.3. The molecule has 0 bridgehead atoms. The maximum Gasteiger partial charge on any atom is 0.243 e. The number of hydrogen-bond acceptors (Lipinski definition) is 3. The van der Waals surface area contributed by atoms with Gasteiger partial charge in [0.2, 0.25) is 15.9 Å². The fourth-order valence-corrected chi connectivity index (χ4v) is 3.51. The highest BCUT2D eigenvalue weighted by Crippen LogP contribution is 2.20. The predicted molar refractivity (Wildman–Crippen MR) is 67.8 cm³/mol. The molecule has 0 saturated carbocycles. The Balaban J connectivity index is 2.28. The van der Waals surface area contributed by atoms with Gasteiger partial charge in [0.25, 0.3) is 0 Å². The number of sulfonamides is 1. The van der Waals surface area contributed by atoms with Gasteiger partial charge in [-0.2, -0.15) is 4.31 Å². The Labute approximate surface area is 111 Å². The molecule has 2 rings (SSSR count). The summed E-state index contributed by atoms with van der Waals surface area (Å²) in [6.45, 7) is 0.805. The lowest BCUT2D eigenvalue weighted by atomic mass is 10.4. The quantitative estimate of drug-likeness (QED) is 0.877. The minimum atomic E-state index is -3.57. The van der Waals surface area contributed by atoms with Gasteiger partial charge in [-0.15, -0.1) is 0 Å². The van der Waals surface area contributed by atoms with Crippen molar-refractivity contribution in [3.05, 3.63) is 29.3 Å². The molecule has 1 aromatic carbocycles. The molecule has 0 unspecified atom stereocenters. The van der Waals surface area contributed by atoms with Crippen molar-refractivity contribution < 1.29 is 13.2 Å². The maximum atomic E-state index is 12.3. The second-order valence-corrected chi connectivity index (χ2v) is 6.34. The molecule has 98 valence electrons. The third kappa shape index (κ3) is 2.82. The largest absolute Gasteiger partial charge is 0.355 e. The zero-order chi connectivity index (χ0) is 13.2. The minimum Gasteiger partial charge on any atom is -0.355 e. The first-order valence-corrected chi connectivity index (χ1v) is 7.34. The van der Waals surface area contributed by atoms with Crippen LogP contribution >= 0.6 is 11.6 Å². The van der Waals surface area contributed by atoms with Gasteiger partial charge in [0.1, 0.15) is 0 Å². The number of carbonyl (C=O) groups is 1. The molecule has 1 N–H and O–H groups in total. The topological polar surface area (TPSA) is 66.5 Å². The Morgan fingerprint density at radius 1 is 1.28 bits per heavy atom. The Bertz CT molecular complexity index is 559. The van der Waals surface area contributed by atoms with Crippen molar-refractivity contribution in [2.45, 2.75) is 11.3 Å². The Morgan fingerprint density at radius 2 is 2.06 bits per heavy atom. The van der Waals surface area contributed by atoms with Crippen molar-refractivity contribution in [3.63, 3.8) is 0 Å². The average molecular weight is 289 g/mol. The van der Waals surface area contributed by atoms with Gasteiger partial charge in [-0.25, -0.2) is 8.42 Å². The molecule has 1 heterocycles. The van der Waals surface area contributed by atoms with Crippen LogP contribution in [0.2, 0.25) is 5.02 Å². The molecular formula is C11H13ClN2O3S. The molecule has 0 aromatic heterocycles. The zero-order valence-corrected chi connectivity index (χ0v) is 11.2. The lowest BCUT2D eigenvalue weighted by Crippen LogP contribution is -2.34. The summed E-state index contributed by atoms with van der Waals surface area (Å²) in [5, 5.41) is 3.01. The van der Waals surface area contributed by atoms with E-state index in [0.29, 0.717) is 11.6 Å². The fraction of sp³-hybridized carbons (Fsp3) is 0.364. The SMILES string of the molecule is O=C1CCN(S(=O)(=O)c2cccc(Cl)c2)CCN1. The number of benzene rings is 1. The molecule has 1 fully saturated rings. The van der Waals surface area contributed by atoms with Gasteiger partial charge in [-0.1, -0.05) is 17.7 Å². The van der Waals surface area contributed by atoms with Crippen LogP contribution in [0.15, 0.2) is 29.2 Å². The number of amides is 1. The molecule has 1 aliphatic rings. The number of nitrogens with zero attached hydrogens (tertiary/aromatic N) is 1. The number of halogens is 1. The van der Waals surface area contributed by atoms with E-state index in [-0.39, 0.29) is 30.3 Å². The summed E-state index contributed by atoms with van der Waals surface area (Å²) < 4.78 is 26.0. The summed E-state index contributed by atoms with van der Waals surface area (Å²) in [5.41, 5.74) is 0. The third-order valence-electron chi connectivity index (χ3n) is 2.71. The summed E-state index contributed by atoms with van der Waals surface area (Å²) in [6, 6.07) is 6.13. The van der Waals surface area contributed by atoms with Crippen LogP contribution in [0, 0.1) is 0 Å². The highest BCUT2D eigenvalue weighted by molar-refractivity contribution is 7.89. The van der Waals surface area contributed by atoms with Crippen LogP contribution in [-0.4, -0.2) is 38.3 Å². The van der Waals surface area contributed by atoms with E-state index in [1.54, 1.807) is 12.1 Å². The highest BCUT2D eigenvalue weighted by Gasteiger charge is 2.26. The fourth-order valence-electron chi connectivity index (χ4n) is 1.76. The standard InChI is InChI=1S/C11H13ClN2O3S/c12-9-2-1-3-10(8-9)18(16,17)14-6-4-11(15)13-5-7-14/h1-3,8H,4-7H2,(H,13,15). The van der Waals surface area contributed by atoms with Gasteiger partial charge in [0, 0.05) is 31.1 Å². The third-order valence-corrected chi connectivity index (χ3v) is 4.84. The predicted octanol–water partition coefficient (Wildman–Crippen LogP) is 0.851. The normalized spacial score (nSPS) is 18.2. The molecule has 7 heteroatoms. The minimum absolute atomic E-state index is 0.126. The van der Waals surface area contributed by atoms with Gasteiger partial charge in [-0.3, -0.25) is 4.79 Å². The van der Waals surface area contributed by atoms with Crippen LogP contribution in [-0.2, 0) is 14.8 Å². The zero-order valence-electron chi connectivity index (χ0n) is 9.60. The van der Waals surface area contributed by atoms with E-state index >= 15 is 0 Å². The van der Waals surface area contributed by atoms with Crippen LogP contribution in [0.1, 0.15) is 6.42 Å². The lowest BCUT2D eigenvalue weighted by molar-refractivity contribution is -0.120. The molecule has 1 amide bonds. The van der Waals surface area contributed by atoms with Crippen molar-refractivity contribution in [1.82, 2.24) is 9.62 Å². The molecule has 0 atom stereocenters. The summed E-state index contributed by atoms with van der Waals surface area (Å²) in [6.07, 6.45) is 0.180. The van der Waals surface area contributed by atoms with E-state index in [2.05, 4.69) is 5.32 Å². The van der Waals surface area contributed by atoms with E-state index in [1.165, 1.54) is 16.4 Å². The number of rotatable bonds is 2. The van der Waals surface area contributed by atoms with E-state index in [0.717, 1.165) is 0 Å². The highest BCUT2D eigenvalue weighted by atomic mass is 35.5. The van der Waals surface area contributed by atoms with Crippen molar-refractivity contribution in [3.8, 4) is 0 Å². The molecule has 1 aliphatic heterocycles. The molecule has 1 aromatic rings. The van der Waals surface area contributed by atoms with Gasteiger partial charge in [0.05, 0.1) is 4.90 Å². The summed E-state index contributed by atoms with van der Waals surface area (Å²) in [5.74, 6) is -0.126. The summed E-state index contributed by atoms with van der Waals surface area (Å²) in [7, 11) is -3.57. The first-order chi connectivity index (χ1) is 8.50. The first kappa shape index (κ1) is 13.3. The molecule has 5 nitrogen and oxygen atoms in total. The Hall–Kier alpha value is -1.11. The molecule has 1 saturated heterocycles. The molecule has 18 heavy (non-hydrogen) atoms. The number of carbonyl (C=O) groups excluding carboxylic acids is 1. The second kappa shape index (κ2) is 5.26. The Morgan fingerprint density at radius 3 is 2.78 bits per heavy atom. The Kier molecular flexibility index (Phi) is 3.89. The average Bonchev–Trinajstić information content (AvgIpc) is 2.54. The lowest BCUT2D eigenvalue weighted by Gasteiger charge is -2.19. The van der Waals surface area contributed by atoms with Gasteiger partial charge >= 0.3 is 0 Å². The van der Waals surface area contributed by atoms with Crippen LogP contribution < -0.4 is 5.32 Å².